The van der Waals surface area contributed by atoms with Crippen molar-refractivity contribution in [3.63, 3.8) is 0 Å². The van der Waals surface area contributed by atoms with E-state index in [2.05, 4.69) is 24.4 Å². The third-order valence-corrected chi connectivity index (χ3v) is 6.64. The number of nitrogens with one attached hydrogen (secondary N) is 1. The molecule has 0 aliphatic rings. The van der Waals surface area contributed by atoms with Crippen molar-refractivity contribution in [2.24, 2.45) is 0 Å². The molecular weight excluding hydrogens is 432 g/mol. The number of ether oxygens (including phenoxy) is 1. The summed E-state index contributed by atoms with van der Waals surface area (Å²) >= 11 is 1.50. The second-order valence-corrected chi connectivity index (χ2v) is 9.96. The van der Waals surface area contributed by atoms with Crippen LogP contribution in [-0.2, 0) is 21.2 Å². The molecule has 1 amide bonds. The topological polar surface area (TPSA) is 75.7 Å². The van der Waals surface area contributed by atoms with Crippen LogP contribution in [-0.4, -0.2) is 46.5 Å². The van der Waals surface area contributed by atoms with Gasteiger partial charge in [-0.1, -0.05) is 37.6 Å². The molecule has 8 heteroatoms. The minimum absolute atomic E-state index is 0.117. The summed E-state index contributed by atoms with van der Waals surface area (Å²) in [5, 5.41) is 2.82. The van der Waals surface area contributed by atoms with Crippen molar-refractivity contribution in [1.29, 1.82) is 0 Å². The first-order valence-corrected chi connectivity index (χ1v) is 13.5. The van der Waals surface area contributed by atoms with Crippen LogP contribution in [0.5, 0.6) is 5.75 Å². The van der Waals surface area contributed by atoms with Crippen LogP contribution < -0.4 is 14.4 Å². The van der Waals surface area contributed by atoms with E-state index in [1.807, 2.05) is 36.6 Å². The van der Waals surface area contributed by atoms with Gasteiger partial charge in [0, 0.05) is 17.9 Å². The summed E-state index contributed by atoms with van der Waals surface area (Å²) in [6, 6.07) is 15.4. The van der Waals surface area contributed by atoms with Crippen LogP contribution in [0.1, 0.15) is 31.7 Å². The number of sulfonamides is 1. The van der Waals surface area contributed by atoms with E-state index in [1.54, 1.807) is 6.07 Å². The first-order chi connectivity index (χ1) is 14.8. The highest BCUT2D eigenvalue weighted by Gasteiger charge is 2.20. The maximum atomic E-state index is 12.3. The van der Waals surface area contributed by atoms with Gasteiger partial charge < -0.3 is 10.1 Å². The zero-order chi connectivity index (χ0) is 22.7. The van der Waals surface area contributed by atoms with Crippen LogP contribution >= 0.6 is 11.8 Å². The highest BCUT2D eigenvalue weighted by Crippen LogP contribution is 2.30. The van der Waals surface area contributed by atoms with Crippen LogP contribution in [0.25, 0.3) is 0 Å². The van der Waals surface area contributed by atoms with Gasteiger partial charge in [-0.05, 0) is 48.9 Å². The van der Waals surface area contributed by atoms with E-state index in [9.17, 15) is 13.2 Å². The molecule has 0 aliphatic carbocycles. The maximum absolute atomic E-state index is 12.3. The number of anilines is 1. The Morgan fingerprint density at radius 1 is 1.13 bits per heavy atom. The Balaban J connectivity index is 1.75. The van der Waals surface area contributed by atoms with Crippen molar-refractivity contribution in [2.75, 3.05) is 36.5 Å². The first kappa shape index (κ1) is 25.1. The Morgan fingerprint density at radius 3 is 2.48 bits per heavy atom. The van der Waals surface area contributed by atoms with E-state index in [-0.39, 0.29) is 18.9 Å². The van der Waals surface area contributed by atoms with Gasteiger partial charge in [-0.3, -0.25) is 9.10 Å². The predicted octanol–water partition coefficient (Wildman–Crippen LogP) is 4.10. The van der Waals surface area contributed by atoms with Crippen LogP contribution in [0.3, 0.4) is 0 Å². The normalized spacial score (nSPS) is 11.2. The molecule has 31 heavy (non-hydrogen) atoms. The Bertz CT molecular complexity index is 931. The number of benzene rings is 2. The summed E-state index contributed by atoms with van der Waals surface area (Å²) in [4.78, 5) is 13.0. The van der Waals surface area contributed by atoms with Crippen molar-refractivity contribution in [3.8, 4) is 5.75 Å². The Hall–Kier alpha value is -2.19. The van der Waals surface area contributed by atoms with Gasteiger partial charge in [-0.25, -0.2) is 8.42 Å². The van der Waals surface area contributed by atoms with Crippen molar-refractivity contribution in [2.45, 2.75) is 37.5 Å². The Kier molecular flexibility index (Phi) is 10.2. The monoisotopic (exact) mass is 464 g/mol. The van der Waals surface area contributed by atoms with E-state index in [1.165, 1.54) is 27.9 Å². The van der Waals surface area contributed by atoms with Gasteiger partial charge in [-0.2, -0.15) is 0 Å². The number of carbonyl (C=O) groups is 1. The number of nitrogens with zero attached hydrogens (tertiary/aromatic N) is 1. The number of thioether (sulfide) groups is 1. The standard InChI is InChI=1S/C23H32N2O4S2/c1-4-8-19-12-14-20(15-13-19)29-18-16-24-23(26)11-7-17-25(31(3,27)28)21-9-5-6-10-22(21)30-2/h5-6,9-10,12-15H,4,7-8,11,16-18H2,1-3H3,(H,24,26). The number of rotatable bonds is 13. The van der Waals surface area contributed by atoms with Gasteiger partial charge in [0.15, 0.2) is 0 Å². The molecule has 170 valence electrons. The summed E-state index contributed by atoms with van der Waals surface area (Å²) in [5.41, 5.74) is 1.93. The Morgan fingerprint density at radius 2 is 1.84 bits per heavy atom. The van der Waals surface area contributed by atoms with Crippen LogP contribution in [0.2, 0.25) is 0 Å². The van der Waals surface area contributed by atoms with E-state index in [0.717, 1.165) is 23.5 Å². The average molecular weight is 465 g/mol. The van der Waals surface area contributed by atoms with Crippen LogP contribution in [0, 0.1) is 0 Å². The molecule has 2 aromatic rings. The number of aryl methyl sites for hydroxylation is 1. The number of para-hydroxylation sites is 1. The summed E-state index contributed by atoms with van der Waals surface area (Å²) in [7, 11) is -3.44. The third-order valence-electron chi connectivity index (χ3n) is 4.67. The van der Waals surface area contributed by atoms with E-state index >= 15 is 0 Å². The lowest BCUT2D eigenvalue weighted by Gasteiger charge is -2.24. The summed E-state index contributed by atoms with van der Waals surface area (Å²) in [5.74, 6) is 0.666. The van der Waals surface area contributed by atoms with E-state index in [4.69, 9.17) is 4.74 Å². The first-order valence-electron chi connectivity index (χ1n) is 10.4. The number of amides is 1. The van der Waals surface area contributed by atoms with Gasteiger partial charge in [-0.15, -0.1) is 11.8 Å². The smallest absolute Gasteiger partial charge is 0.232 e. The van der Waals surface area contributed by atoms with Gasteiger partial charge in [0.05, 0.1) is 18.5 Å². The van der Waals surface area contributed by atoms with Gasteiger partial charge >= 0.3 is 0 Å². The Labute approximate surface area is 190 Å². The van der Waals surface area contributed by atoms with Crippen molar-refractivity contribution < 1.29 is 17.9 Å². The predicted molar refractivity (Wildman–Crippen MR) is 129 cm³/mol. The van der Waals surface area contributed by atoms with Crippen LogP contribution in [0.4, 0.5) is 5.69 Å². The minimum atomic E-state index is -3.44. The van der Waals surface area contributed by atoms with Crippen LogP contribution in [0.15, 0.2) is 53.4 Å². The molecule has 0 atom stereocenters. The molecule has 0 saturated heterocycles. The zero-order valence-electron chi connectivity index (χ0n) is 18.5. The SMILES string of the molecule is CCCc1ccc(OCCNC(=O)CCCN(c2ccccc2SC)S(C)(=O)=O)cc1. The fourth-order valence-corrected chi connectivity index (χ4v) is 4.81. The molecule has 6 nitrogen and oxygen atoms in total. The van der Waals surface area contributed by atoms with Crippen molar-refractivity contribution in [1.82, 2.24) is 5.32 Å². The molecule has 1 N–H and O–H groups in total. The molecule has 0 bridgehead atoms. The third kappa shape index (κ3) is 8.45. The fourth-order valence-electron chi connectivity index (χ4n) is 3.17. The molecule has 0 radical (unpaired) electrons. The molecule has 0 heterocycles. The quantitative estimate of drug-likeness (QED) is 0.357. The number of hydrogen-bond donors (Lipinski definition) is 1. The lowest BCUT2D eigenvalue weighted by molar-refractivity contribution is -0.121. The van der Waals surface area contributed by atoms with Gasteiger partial charge in [0.25, 0.3) is 0 Å². The molecule has 2 rings (SSSR count). The van der Waals surface area contributed by atoms with Gasteiger partial charge in [0.1, 0.15) is 12.4 Å². The van der Waals surface area contributed by atoms with Crippen molar-refractivity contribution >= 4 is 33.4 Å². The molecule has 0 aliphatic heterocycles. The minimum Gasteiger partial charge on any atom is -0.492 e. The number of carbonyl (C=O) groups excluding carboxylic acids is 1. The molecule has 0 saturated carbocycles. The second kappa shape index (κ2) is 12.6. The summed E-state index contributed by atoms with van der Waals surface area (Å²) in [6.45, 7) is 3.19. The fraction of sp³-hybridized carbons (Fsp3) is 0.435. The number of hydrogen-bond acceptors (Lipinski definition) is 5. The average Bonchev–Trinajstić information content (AvgIpc) is 2.75. The summed E-state index contributed by atoms with van der Waals surface area (Å²) in [6.07, 6.45) is 5.94. The molecule has 2 aromatic carbocycles. The molecule has 0 spiro atoms. The summed E-state index contributed by atoms with van der Waals surface area (Å²) < 4.78 is 31.6. The van der Waals surface area contributed by atoms with E-state index < -0.39 is 10.0 Å². The second-order valence-electron chi connectivity index (χ2n) is 7.20. The van der Waals surface area contributed by atoms with E-state index in [0.29, 0.717) is 25.3 Å². The lowest BCUT2D eigenvalue weighted by atomic mass is 10.1. The highest BCUT2D eigenvalue weighted by molar-refractivity contribution is 7.99. The lowest BCUT2D eigenvalue weighted by Crippen LogP contribution is -2.33. The zero-order valence-corrected chi connectivity index (χ0v) is 20.1. The molecular formula is C23H32N2O4S2. The largest absolute Gasteiger partial charge is 0.492 e. The van der Waals surface area contributed by atoms with Gasteiger partial charge in [0.2, 0.25) is 15.9 Å². The highest BCUT2D eigenvalue weighted by atomic mass is 32.2. The maximum Gasteiger partial charge on any atom is 0.232 e. The molecule has 0 fully saturated rings. The molecule has 0 aromatic heterocycles. The molecule has 0 unspecified atom stereocenters. The van der Waals surface area contributed by atoms with Crippen molar-refractivity contribution in [3.05, 3.63) is 54.1 Å².